The van der Waals surface area contributed by atoms with Gasteiger partial charge in [-0.2, -0.15) is 8.78 Å². The number of carbonyl (C=O) groups excluding carboxylic acids is 1. The maximum atomic E-state index is 12.6. The molecule has 1 aromatic carbocycles. The molecule has 0 aliphatic carbocycles. The van der Waals surface area contributed by atoms with Crippen LogP contribution in [0.2, 0.25) is 0 Å². The van der Waals surface area contributed by atoms with E-state index in [1.165, 1.54) is 6.07 Å². The lowest BCUT2D eigenvalue weighted by Gasteiger charge is -2.12. The topological polar surface area (TPSA) is 26.3 Å². The van der Waals surface area contributed by atoms with E-state index in [0.717, 1.165) is 19.1 Å². The minimum atomic E-state index is -3.21. The second-order valence-electron chi connectivity index (χ2n) is 2.95. The van der Waals surface area contributed by atoms with Crippen molar-refractivity contribution in [1.29, 1.82) is 0 Å². The molecule has 1 rings (SSSR count). The highest BCUT2D eigenvalue weighted by Gasteiger charge is 2.22. The third-order valence-corrected chi connectivity index (χ3v) is 1.88. The maximum absolute atomic E-state index is 12.6. The van der Waals surface area contributed by atoms with Gasteiger partial charge in [0.2, 0.25) is 0 Å². The predicted octanol–water partition coefficient (Wildman–Crippen LogP) is 3.43. The molecule has 0 saturated heterocycles. The number of ether oxygens (including phenoxy) is 1. The molecule has 0 aromatic heterocycles. The van der Waals surface area contributed by atoms with Gasteiger partial charge in [0.05, 0.1) is 5.56 Å². The molecule has 0 atom stereocenters. The van der Waals surface area contributed by atoms with Crippen LogP contribution in [0, 0.1) is 0 Å². The van der Waals surface area contributed by atoms with E-state index in [0.29, 0.717) is 0 Å². The van der Waals surface area contributed by atoms with Crippen molar-refractivity contribution < 1.29 is 27.1 Å². The maximum Gasteiger partial charge on any atom is 0.387 e. The normalized spacial score (nSPS) is 10.9. The van der Waals surface area contributed by atoms with E-state index in [2.05, 4.69) is 4.74 Å². The molecule has 0 heterocycles. The molecule has 0 radical (unpaired) electrons. The van der Waals surface area contributed by atoms with Gasteiger partial charge < -0.3 is 4.74 Å². The van der Waals surface area contributed by atoms with Crippen molar-refractivity contribution in [3.63, 3.8) is 0 Å². The molecule has 16 heavy (non-hydrogen) atoms. The first-order valence-corrected chi connectivity index (χ1v) is 4.30. The van der Waals surface area contributed by atoms with E-state index in [9.17, 15) is 22.4 Å². The van der Waals surface area contributed by atoms with Crippen LogP contribution in [0.4, 0.5) is 17.6 Å². The summed E-state index contributed by atoms with van der Waals surface area (Å²) in [7, 11) is 0. The van der Waals surface area contributed by atoms with Gasteiger partial charge in [0.1, 0.15) is 5.75 Å². The Bertz CT molecular complexity index is 390. The molecule has 0 aliphatic rings. The number of hydrogen-bond donors (Lipinski definition) is 0. The summed E-state index contributed by atoms with van der Waals surface area (Å²) in [6.07, 6.45) is -3.05. The Morgan fingerprint density at radius 3 is 2.31 bits per heavy atom. The molecular formula is C10H8F4O2. The molecule has 0 fully saturated rings. The van der Waals surface area contributed by atoms with Crippen LogP contribution < -0.4 is 4.74 Å². The average molecular weight is 236 g/mol. The summed E-state index contributed by atoms with van der Waals surface area (Å²) in [5.74, 6) is -1.30. The number of rotatable bonds is 4. The fourth-order valence-corrected chi connectivity index (χ4v) is 1.27. The predicted molar refractivity (Wildman–Crippen MR) is 48.0 cm³/mol. The summed E-state index contributed by atoms with van der Waals surface area (Å²) in [5.41, 5.74) is -1.11. The van der Waals surface area contributed by atoms with Crippen molar-refractivity contribution >= 4 is 5.78 Å². The summed E-state index contributed by atoms with van der Waals surface area (Å²) in [6.45, 7) is -2.13. The monoisotopic (exact) mass is 236 g/mol. The van der Waals surface area contributed by atoms with Crippen LogP contribution >= 0.6 is 0 Å². The Labute approximate surface area is 88.8 Å². The number of carbonyl (C=O) groups is 1. The third-order valence-electron chi connectivity index (χ3n) is 1.88. The summed E-state index contributed by atoms with van der Waals surface area (Å²) in [4.78, 5) is 11.0. The summed E-state index contributed by atoms with van der Waals surface area (Å²) in [5, 5.41) is 0. The standard InChI is InChI=1S/C10H8F4O2/c1-5(15)6-3-2-4-7(16-10(13)14)8(6)9(11)12/h2-4,9-10H,1H3. The average Bonchev–Trinajstić information content (AvgIpc) is 2.15. The summed E-state index contributed by atoms with van der Waals surface area (Å²) < 4.78 is 53.1. The van der Waals surface area contributed by atoms with Crippen molar-refractivity contribution in [3.8, 4) is 5.75 Å². The van der Waals surface area contributed by atoms with Crippen LogP contribution in [0.5, 0.6) is 5.75 Å². The molecule has 1 aromatic rings. The van der Waals surface area contributed by atoms with Crippen LogP contribution in [-0.2, 0) is 0 Å². The fraction of sp³-hybridized carbons (Fsp3) is 0.300. The molecule has 6 heteroatoms. The quantitative estimate of drug-likeness (QED) is 0.591. The van der Waals surface area contributed by atoms with Crippen molar-refractivity contribution in [1.82, 2.24) is 0 Å². The SMILES string of the molecule is CC(=O)c1cccc(OC(F)F)c1C(F)F. The minimum Gasteiger partial charge on any atom is -0.434 e. The zero-order valence-electron chi connectivity index (χ0n) is 8.22. The van der Waals surface area contributed by atoms with Gasteiger partial charge in [-0.05, 0) is 13.0 Å². The molecule has 0 saturated carbocycles. The van der Waals surface area contributed by atoms with Crippen LogP contribution in [-0.4, -0.2) is 12.4 Å². The van der Waals surface area contributed by atoms with Gasteiger partial charge in [0.15, 0.2) is 5.78 Å². The third kappa shape index (κ3) is 2.71. The van der Waals surface area contributed by atoms with Gasteiger partial charge in [-0.15, -0.1) is 0 Å². The number of benzene rings is 1. The molecule has 0 unspecified atom stereocenters. The smallest absolute Gasteiger partial charge is 0.387 e. The lowest BCUT2D eigenvalue weighted by atomic mass is 10.0. The first-order valence-electron chi connectivity index (χ1n) is 4.30. The second-order valence-corrected chi connectivity index (χ2v) is 2.95. The Hall–Kier alpha value is -1.59. The molecule has 0 amide bonds. The Kier molecular flexibility index (Phi) is 3.87. The van der Waals surface area contributed by atoms with E-state index in [-0.39, 0.29) is 5.56 Å². The van der Waals surface area contributed by atoms with Crippen LogP contribution in [0.3, 0.4) is 0 Å². The van der Waals surface area contributed by atoms with E-state index < -0.39 is 30.1 Å². The fourth-order valence-electron chi connectivity index (χ4n) is 1.27. The number of ketones is 1. The number of alkyl halides is 4. The van der Waals surface area contributed by atoms with Crippen molar-refractivity contribution in [2.75, 3.05) is 0 Å². The van der Waals surface area contributed by atoms with Crippen molar-refractivity contribution in [2.24, 2.45) is 0 Å². The molecule has 0 N–H and O–H groups in total. The summed E-state index contributed by atoms with van der Waals surface area (Å²) in [6, 6.07) is 3.32. The van der Waals surface area contributed by atoms with Crippen LogP contribution in [0.1, 0.15) is 29.3 Å². The molecule has 88 valence electrons. The first-order chi connectivity index (χ1) is 7.43. The lowest BCUT2D eigenvalue weighted by molar-refractivity contribution is -0.0520. The van der Waals surface area contributed by atoms with E-state index in [1.807, 2.05) is 0 Å². The van der Waals surface area contributed by atoms with Gasteiger partial charge in [-0.3, -0.25) is 4.79 Å². The van der Waals surface area contributed by atoms with Crippen molar-refractivity contribution in [3.05, 3.63) is 29.3 Å². The van der Waals surface area contributed by atoms with Gasteiger partial charge >= 0.3 is 6.61 Å². The minimum absolute atomic E-state index is 0.312. The molecule has 0 aliphatic heterocycles. The Balaban J connectivity index is 3.27. The van der Waals surface area contributed by atoms with E-state index in [1.54, 1.807) is 0 Å². The second kappa shape index (κ2) is 4.96. The Morgan fingerprint density at radius 2 is 1.88 bits per heavy atom. The van der Waals surface area contributed by atoms with Crippen LogP contribution in [0.15, 0.2) is 18.2 Å². The number of halogens is 4. The largest absolute Gasteiger partial charge is 0.434 e. The molecule has 0 bridgehead atoms. The highest BCUT2D eigenvalue weighted by molar-refractivity contribution is 5.96. The zero-order valence-corrected chi connectivity index (χ0v) is 8.22. The van der Waals surface area contributed by atoms with Crippen LogP contribution in [0.25, 0.3) is 0 Å². The van der Waals surface area contributed by atoms with E-state index >= 15 is 0 Å². The Morgan fingerprint density at radius 1 is 1.25 bits per heavy atom. The lowest BCUT2D eigenvalue weighted by Crippen LogP contribution is -2.08. The highest BCUT2D eigenvalue weighted by atomic mass is 19.3. The van der Waals surface area contributed by atoms with E-state index in [4.69, 9.17) is 0 Å². The summed E-state index contributed by atoms with van der Waals surface area (Å²) >= 11 is 0. The molecular weight excluding hydrogens is 228 g/mol. The van der Waals surface area contributed by atoms with Gasteiger partial charge in [0.25, 0.3) is 6.43 Å². The molecule has 2 nitrogen and oxygen atoms in total. The van der Waals surface area contributed by atoms with Gasteiger partial charge in [0, 0.05) is 5.56 Å². The first kappa shape index (κ1) is 12.5. The van der Waals surface area contributed by atoms with Gasteiger partial charge in [-0.1, -0.05) is 12.1 Å². The van der Waals surface area contributed by atoms with Gasteiger partial charge in [-0.25, -0.2) is 8.78 Å². The zero-order chi connectivity index (χ0) is 12.3. The number of Topliss-reactive ketones (excluding diaryl/α,β-unsaturated/α-hetero) is 1. The molecule has 0 spiro atoms. The highest BCUT2D eigenvalue weighted by Crippen LogP contribution is 2.33. The van der Waals surface area contributed by atoms with Crippen molar-refractivity contribution in [2.45, 2.75) is 20.0 Å². The number of hydrogen-bond acceptors (Lipinski definition) is 2.